The molecule has 2 heterocycles. The Balaban J connectivity index is 1.75. The van der Waals surface area contributed by atoms with Crippen LogP contribution in [0.2, 0.25) is 0 Å². The number of rotatable bonds is 6. The van der Waals surface area contributed by atoms with E-state index in [4.69, 9.17) is 6.42 Å². The van der Waals surface area contributed by atoms with Gasteiger partial charge in [0.2, 0.25) is 10.0 Å². The summed E-state index contributed by atoms with van der Waals surface area (Å²) in [7, 11) is -3.78. The maximum Gasteiger partial charge on any atom is 0.255 e. The minimum atomic E-state index is -3.78. The topological polar surface area (TPSA) is 106 Å². The van der Waals surface area contributed by atoms with Crippen molar-refractivity contribution in [1.29, 1.82) is 0 Å². The van der Waals surface area contributed by atoms with Gasteiger partial charge in [-0.25, -0.2) is 18.4 Å². The van der Waals surface area contributed by atoms with Gasteiger partial charge in [-0.15, -0.1) is 6.42 Å². The summed E-state index contributed by atoms with van der Waals surface area (Å²) >= 11 is 0. The first-order chi connectivity index (χ1) is 13.0. The standard InChI is InChI=1S/C18H15N5O3S/c1-2-8-21-27(25,26)16-5-3-4-14(11-16)18(24)22-15-6-7-17(20-12-15)23-10-9-19-13-23/h1,3-7,9-13,21H,8H2,(H,22,24). The number of pyridine rings is 1. The predicted octanol–water partition coefficient (Wildman–Crippen LogP) is 1.43. The molecule has 0 bridgehead atoms. The molecule has 3 rings (SSSR count). The van der Waals surface area contributed by atoms with E-state index in [9.17, 15) is 13.2 Å². The second-order valence-electron chi connectivity index (χ2n) is 5.39. The van der Waals surface area contributed by atoms with E-state index in [-0.39, 0.29) is 17.0 Å². The van der Waals surface area contributed by atoms with Crippen LogP contribution < -0.4 is 10.0 Å². The number of aromatic nitrogens is 3. The van der Waals surface area contributed by atoms with Gasteiger partial charge < -0.3 is 5.32 Å². The minimum Gasteiger partial charge on any atom is -0.321 e. The molecule has 0 aliphatic heterocycles. The van der Waals surface area contributed by atoms with Gasteiger partial charge in [-0.2, -0.15) is 4.72 Å². The maximum atomic E-state index is 12.4. The van der Waals surface area contributed by atoms with E-state index in [0.717, 1.165) is 0 Å². The van der Waals surface area contributed by atoms with Gasteiger partial charge in [0.1, 0.15) is 12.1 Å². The predicted molar refractivity (Wildman–Crippen MR) is 99.8 cm³/mol. The van der Waals surface area contributed by atoms with Crippen molar-refractivity contribution < 1.29 is 13.2 Å². The molecule has 0 atom stereocenters. The highest BCUT2D eigenvalue weighted by Gasteiger charge is 2.15. The first-order valence-electron chi connectivity index (χ1n) is 7.78. The number of nitrogens with zero attached hydrogens (tertiary/aromatic N) is 3. The second kappa shape index (κ2) is 7.82. The zero-order valence-corrected chi connectivity index (χ0v) is 14.8. The first-order valence-corrected chi connectivity index (χ1v) is 9.27. The zero-order chi connectivity index (χ0) is 19.3. The molecule has 3 aromatic rings. The maximum absolute atomic E-state index is 12.4. The van der Waals surface area contributed by atoms with E-state index in [2.05, 4.69) is 25.9 Å². The van der Waals surface area contributed by atoms with Crippen LogP contribution in [0.4, 0.5) is 5.69 Å². The highest BCUT2D eigenvalue weighted by molar-refractivity contribution is 7.89. The normalized spacial score (nSPS) is 10.9. The highest BCUT2D eigenvalue weighted by Crippen LogP contribution is 2.14. The summed E-state index contributed by atoms with van der Waals surface area (Å²) in [6, 6.07) is 9.08. The Hall–Kier alpha value is -3.48. The van der Waals surface area contributed by atoms with E-state index in [1.54, 1.807) is 35.4 Å². The summed E-state index contributed by atoms with van der Waals surface area (Å²) in [5.41, 5.74) is 0.667. The van der Waals surface area contributed by atoms with Crippen LogP contribution in [0.5, 0.6) is 0 Å². The summed E-state index contributed by atoms with van der Waals surface area (Å²) in [5, 5.41) is 2.68. The molecule has 0 fully saturated rings. The molecule has 2 N–H and O–H groups in total. The van der Waals surface area contributed by atoms with Crippen LogP contribution in [0.15, 0.2) is 66.2 Å². The van der Waals surface area contributed by atoms with E-state index in [1.165, 1.54) is 30.5 Å². The Morgan fingerprint density at radius 2 is 2.11 bits per heavy atom. The Kier molecular flexibility index (Phi) is 5.30. The number of hydrogen-bond donors (Lipinski definition) is 2. The molecule has 0 saturated carbocycles. The fourth-order valence-electron chi connectivity index (χ4n) is 2.24. The largest absolute Gasteiger partial charge is 0.321 e. The average molecular weight is 381 g/mol. The van der Waals surface area contributed by atoms with Gasteiger partial charge in [0.15, 0.2) is 0 Å². The Labute approximate surface area is 156 Å². The third-order valence-electron chi connectivity index (χ3n) is 3.55. The van der Waals surface area contributed by atoms with Crippen LogP contribution in [-0.4, -0.2) is 35.4 Å². The Morgan fingerprint density at radius 3 is 2.78 bits per heavy atom. The van der Waals surface area contributed by atoms with Gasteiger partial charge in [0.25, 0.3) is 5.91 Å². The number of terminal acetylenes is 1. The molecule has 136 valence electrons. The summed E-state index contributed by atoms with van der Waals surface area (Å²) < 4.78 is 28.2. The lowest BCUT2D eigenvalue weighted by Gasteiger charge is -2.08. The van der Waals surface area contributed by atoms with Crippen molar-refractivity contribution in [1.82, 2.24) is 19.3 Å². The van der Waals surface area contributed by atoms with E-state index >= 15 is 0 Å². The Morgan fingerprint density at radius 1 is 1.26 bits per heavy atom. The van der Waals surface area contributed by atoms with Crippen molar-refractivity contribution in [3.63, 3.8) is 0 Å². The van der Waals surface area contributed by atoms with Gasteiger partial charge in [0, 0.05) is 18.0 Å². The highest BCUT2D eigenvalue weighted by atomic mass is 32.2. The van der Waals surface area contributed by atoms with E-state index < -0.39 is 15.9 Å². The molecule has 0 saturated heterocycles. The SMILES string of the molecule is C#CCNS(=O)(=O)c1cccc(C(=O)Nc2ccc(-n3ccnc3)nc2)c1. The molecule has 1 aromatic carbocycles. The smallest absolute Gasteiger partial charge is 0.255 e. The number of carbonyl (C=O) groups excluding carboxylic acids is 1. The van der Waals surface area contributed by atoms with Crippen molar-refractivity contribution in [2.75, 3.05) is 11.9 Å². The fourth-order valence-corrected chi connectivity index (χ4v) is 3.21. The summed E-state index contributed by atoms with van der Waals surface area (Å²) in [4.78, 5) is 20.6. The van der Waals surface area contributed by atoms with Crippen molar-refractivity contribution >= 4 is 21.6 Å². The summed E-state index contributed by atoms with van der Waals surface area (Å²) in [6.45, 7) is -0.131. The molecule has 1 amide bonds. The van der Waals surface area contributed by atoms with Crippen molar-refractivity contribution in [3.8, 4) is 18.2 Å². The molecular weight excluding hydrogens is 366 g/mol. The minimum absolute atomic E-state index is 0.0426. The van der Waals surface area contributed by atoms with E-state index in [0.29, 0.717) is 11.5 Å². The molecule has 0 spiro atoms. The average Bonchev–Trinajstić information content (AvgIpc) is 3.22. The van der Waals surface area contributed by atoms with Crippen molar-refractivity contribution in [2.45, 2.75) is 4.90 Å². The molecule has 8 nitrogen and oxygen atoms in total. The van der Waals surface area contributed by atoms with Gasteiger partial charge in [-0.05, 0) is 30.3 Å². The van der Waals surface area contributed by atoms with Gasteiger partial charge >= 0.3 is 0 Å². The number of sulfonamides is 1. The van der Waals surface area contributed by atoms with Crippen molar-refractivity contribution in [3.05, 3.63) is 66.9 Å². The Bertz CT molecular complexity index is 1080. The number of nitrogens with one attached hydrogen (secondary N) is 2. The van der Waals surface area contributed by atoms with Crippen molar-refractivity contribution in [2.24, 2.45) is 0 Å². The van der Waals surface area contributed by atoms with Crippen LogP contribution in [0.3, 0.4) is 0 Å². The summed E-state index contributed by atoms with van der Waals surface area (Å²) in [6.07, 6.45) is 11.6. The third-order valence-corrected chi connectivity index (χ3v) is 4.94. The molecule has 0 aliphatic carbocycles. The van der Waals surface area contributed by atoms with Crippen LogP contribution in [0.1, 0.15) is 10.4 Å². The van der Waals surface area contributed by atoms with Gasteiger partial charge in [-0.3, -0.25) is 9.36 Å². The van der Waals surface area contributed by atoms with Gasteiger partial charge in [0.05, 0.1) is 23.3 Å². The number of anilines is 1. The fraction of sp³-hybridized carbons (Fsp3) is 0.0556. The lowest BCUT2D eigenvalue weighted by atomic mass is 10.2. The molecule has 0 aliphatic rings. The van der Waals surface area contributed by atoms with Crippen LogP contribution >= 0.6 is 0 Å². The number of benzene rings is 1. The molecule has 0 radical (unpaired) electrons. The summed E-state index contributed by atoms with van der Waals surface area (Å²) in [5.74, 6) is 2.39. The lowest BCUT2D eigenvalue weighted by molar-refractivity contribution is 0.102. The molecule has 2 aromatic heterocycles. The second-order valence-corrected chi connectivity index (χ2v) is 7.15. The number of hydrogen-bond acceptors (Lipinski definition) is 5. The lowest BCUT2D eigenvalue weighted by Crippen LogP contribution is -2.24. The number of imidazole rings is 1. The zero-order valence-electron chi connectivity index (χ0n) is 14.0. The van der Waals surface area contributed by atoms with Crippen LogP contribution in [0.25, 0.3) is 5.82 Å². The van der Waals surface area contributed by atoms with Crippen LogP contribution in [0, 0.1) is 12.3 Å². The first kappa shape index (κ1) is 18.3. The molecule has 0 unspecified atom stereocenters. The molecule has 27 heavy (non-hydrogen) atoms. The molecule has 9 heteroatoms. The monoisotopic (exact) mass is 381 g/mol. The number of amides is 1. The third kappa shape index (κ3) is 4.38. The number of carbonyl (C=O) groups is 1. The van der Waals surface area contributed by atoms with Gasteiger partial charge in [-0.1, -0.05) is 12.0 Å². The van der Waals surface area contributed by atoms with E-state index in [1.807, 2.05) is 0 Å². The van der Waals surface area contributed by atoms with Crippen LogP contribution in [-0.2, 0) is 10.0 Å². The quantitative estimate of drug-likeness (QED) is 0.629. The molecular formula is C18H15N5O3S.